The minimum atomic E-state index is -0.917. The van der Waals surface area contributed by atoms with Gasteiger partial charge in [0.05, 0.1) is 33.2 Å². The van der Waals surface area contributed by atoms with E-state index >= 15 is 0 Å². The molecule has 1 fully saturated rings. The monoisotopic (exact) mass is 593 g/mol. The van der Waals surface area contributed by atoms with Crippen LogP contribution < -0.4 is 10.6 Å². The lowest BCUT2D eigenvalue weighted by Crippen LogP contribution is -2.58. The highest BCUT2D eigenvalue weighted by Gasteiger charge is 2.34. The summed E-state index contributed by atoms with van der Waals surface area (Å²) in [5.41, 5.74) is 0.470. The fraction of sp³-hybridized carbons (Fsp3) is 0.333. The van der Waals surface area contributed by atoms with Gasteiger partial charge in [0.1, 0.15) is 11.6 Å². The Morgan fingerprint density at radius 1 is 1.10 bits per heavy atom. The highest BCUT2D eigenvalue weighted by molar-refractivity contribution is 6.33. The maximum absolute atomic E-state index is 14.9. The van der Waals surface area contributed by atoms with Crippen molar-refractivity contribution in [1.82, 2.24) is 29.4 Å². The van der Waals surface area contributed by atoms with Gasteiger partial charge in [0.2, 0.25) is 5.91 Å². The van der Waals surface area contributed by atoms with Crippen LogP contribution in [0.25, 0.3) is 28.0 Å². The van der Waals surface area contributed by atoms with Crippen molar-refractivity contribution < 1.29 is 13.6 Å². The van der Waals surface area contributed by atoms with Gasteiger partial charge in [-0.25, -0.2) is 28.7 Å². The van der Waals surface area contributed by atoms with E-state index in [1.54, 1.807) is 36.1 Å². The van der Waals surface area contributed by atoms with Gasteiger partial charge in [-0.3, -0.25) is 4.79 Å². The first kappa shape index (κ1) is 29.2. The number of nitrogens with zero attached hydrogens (tertiary/aromatic N) is 7. The molecule has 0 bridgehead atoms. The zero-order chi connectivity index (χ0) is 30.5. The third-order valence-electron chi connectivity index (χ3n) is 7.47. The molecule has 218 valence electrons. The number of anilines is 1. The smallest absolute Gasteiger partial charge is 0.349 e. The SMILES string of the molecule is C=CC(=O)N1CC(C)N(c2nc(=O)n(-c3c(C)nc(F)nc3C(C)C)c3nc(-c4ccccc4F)c(Cl)cc23)CC1C. The fourth-order valence-corrected chi connectivity index (χ4v) is 5.70. The summed E-state index contributed by atoms with van der Waals surface area (Å²) in [6, 6.07) is 7.22. The van der Waals surface area contributed by atoms with Gasteiger partial charge >= 0.3 is 11.8 Å². The molecule has 0 N–H and O–H groups in total. The number of pyridine rings is 1. The molecule has 2 atom stereocenters. The van der Waals surface area contributed by atoms with Crippen LogP contribution in [-0.2, 0) is 4.79 Å². The fourth-order valence-electron chi connectivity index (χ4n) is 5.45. The second-order valence-corrected chi connectivity index (χ2v) is 11.1. The van der Waals surface area contributed by atoms with Crippen LogP contribution in [0.4, 0.5) is 14.6 Å². The Morgan fingerprint density at radius 2 is 1.81 bits per heavy atom. The van der Waals surface area contributed by atoms with E-state index in [2.05, 4.69) is 21.5 Å². The second kappa shape index (κ2) is 11.2. The van der Waals surface area contributed by atoms with Gasteiger partial charge in [0.25, 0.3) is 0 Å². The van der Waals surface area contributed by atoms with Crippen molar-refractivity contribution in [2.24, 2.45) is 0 Å². The van der Waals surface area contributed by atoms with Crippen molar-refractivity contribution in [2.45, 2.75) is 52.6 Å². The van der Waals surface area contributed by atoms with E-state index < -0.39 is 17.6 Å². The van der Waals surface area contributed by atoms with Gasteiger partial charge in [-0.15, -0.1) is 0 Å². The summed E-state index contributed by atoms with van der Waals surface area (Å²) in [6.07, 6.45) is 0.362. The number of rotatable bonds is 5. The van der Waals surface area contributed by atoms with E-state index in [0.29, 0.717) is 30.0 Å². The van der Waals surface area contributed by atoms with E-state index in [1.807, 2.05) is 32.6 Å². The molecule has 3 aromatic heterocycles. The molecule has 4 aromatic rings. The molecule has 0 saturated carbocycles. The number of aromatic nitrogens is 5. The molecule has 0 radical (unpaired) electrons. The van der Waals surface area contributed by atoms with Crippen molar-refractivity contribution in [1.29, 1.82) is 0 Å². The molecule has 5 rings (SSSR count). The van der Waals surface area contributed by atoms with Crippen LogP contribution in [0.2, 0.25) is 5.02 Å². The average molecular weight is 594 g/mol. The minimum absolute atomic E-state index is 0.127. The third-order valence-corrected chi connectivity index (χ3v) is 7.76. The number of piperazine rings is 1. The lowest BCUT2D eigenvalue weighted by molar-refractivity contribution is -0.128. The number of benzene rings is 1. The Balaban J connectivity index is 1.84. The molecule has 1 amide bonds. The largest absolute Gasteiger partial charge is 0.355 e. The van der Waals surface area contributed by atoms with Gasteiger partial charge in [0, 0.05) is 30.7 Å². The van der Waals surface area contributed by atoms with Crippen LogP contribution in [0.3, 0.4) is 0 Å². The first-order valence-electron chi connectivity index (χ1n) is 13.5. The quantitative estimate of drug-likeness (QED) is 0.231. The molecule has 1 saturated heterocycles. The van der Waals surface area contributed by atoms with E-state index in [4.69, 9.17) is 16.6 Å². The normalized spacial score (nSPS) is 17.3. The van der Waals surface area contributed by atoms with Crippen molar-refractivity contribution in [2.75, 3.05) is 18.0 Å². The Bertz CT molecular complexity index is 1790. The Morgan fingerprint density at radius 3 is 2.48 bits per heavy atom. The summed E-state index contributed by atoms with van der Waals surface area (Å²) in [4.78, 5) is 47.2. The Hall–Kier alpha value is -4.25. The summed E-state index contributed by atoms with van der Waals surface area (Å²) >= 11 is 6.74. The lowest BCUT2D eigenvalue weighted by Gasteiger charge is -2.44. The third kappa shape index (κ3) is 5.02. The first-order chi connectivity index (χ1) is 19.9. The summed E-state index contributed by atoms with van der Waals surface area (Å²) in [5, 5.41) is 0.568. The molecule has 1 aromatic carbocycles. The zero-order valence-electron chi connectivity index (χ0n) is 23.9. The van der Waals surface area contributed by atoms with Gasteiger partial charge in [-0.2, -0.15) is 9.37 Å². The van der Waals surface area contributed by atoms with Crippen LogP contribution >= 0.6 is 11.6 Å². The molecule has 2 unspecified atom stereocenters. The van der Waals surface area contributed by atoms with Crippen molar-refractivity contribution in [3.8, 4) is 16.9 Å². The molecule has 0 aliphatic carbocycles. The molecule has 12 heteroatoms. The molecule has 1 aliphatic heterocycles. The minimum Gasteiger partial charge on any atom is -0.349 e. The van der Waals surface area contributed by atoms with Crippen LogP contribution in [-0.4, -0.2) is 60.5 Å². The van der Waals surface area contributed by atoms with E-state index in [1.165, 1.54) is 16.7 Å². The lowest BCUT2D eigenvalue weighted by atomic mass is 10.1. The molecule has 42 heavy (non-hydrogen) atoms. The zero-order valence-corrected chi connectivity index (χ0v) is 24.7. The van der Waals surface area contributed by atoms with Gasteiger partial charge in [0.15, 0.2) is 5.65 Å². The summed E-state index contributed by atoms with van der Waals surface area (Å²) in [7, 11) is 0. The van der Waals surface area contributed by atoms with Crippen LogP contribution in [0.15, 0.2) is 47.8 Å². The number of hydrogen-bond acceptors (Lipinski definition) is 7. The number of carbonyl (C=O) groups excluding carboxylic acids is 1. The van der Waals surface area contributed by atoms with Gasteiger partial charge < -0.3 is 9.80 Å². The van der Waals surface area contributed by atoms with E-state index in [-0.39, 0.29) is 57.2 Å². The first-order valence-corrected chi connectivity index (χ1v) is 13.9. The van der Waals surface area contributed by atoms with E-state index in [9.17, 15) is 18.4 Å². The molecule has 4 heterocycles. The molecular weight excluding hydrogens is 564 g/mol. The van der Waals surface area contributed by atoms with Crippen molar-refractivity contribution >= 4 is 34.4 Å². The van der Waals surface area contributed by atoms with Gasteiger partial charge in [-0.1, -0.05) is 44.2 Å². The Kier molecular flexibility index (Phi) is 7.80. The molecule has 1 aliphatic rings. The van der Waals surface area contributed by atoms with Crippen molar-refractivity contribution in [3.05, 3.63) is 81.8 Å². The number of fused-ring (bicyclic) bond motifs is 1. The van der Waals surface area contributed by atoms with Crippen LogP contribution in [0.1, 0.15) is 45.0 Å². The average Bonchev–Trinajstić information content (AvgIpc) is 2.94. The maximum atomic E-state index is 14.9. The van der Waals surface area contributed by atoms with Crippen LogP contribution in [0, 0.1) is 18.8 Å². The second-order valence-electron chi connectivity index (χ2n) is 10.7. The number of hydrogen-bond donors (Lipinski definition) is 0. The summed E-state index contributed by atoms with van der Waals surface area (Å²) in [6.45, 7) is 13.4. The highest BCUT2D eigenvalue weighted by Crippen LogP contribution is 2.36. The number of amides is 1. The highest BCUT2D eigenvalue weighted by atomic mass is 35.5. The molecular formula is C30H30ClF2N7O2. The Labute approximate surface area is 246 Å². The molecule has 9 nitrogen and oxygen atoms in total. The maximum Gasteiger partial charge on any atom is 0.355 e. The van der Waals surface area contributed by atoms with Gasteiger partial charge in [-0.05, 0) is 51.0 Å². The predicted molar refractivity (Wildman–Crippen MR) is 158 cm³/mol. The number of halogens is 3. The summed E-state index contributed by atoms with van der Waals surface area (Å²) in [5.74, 6) is -0.691. The van der Waals surface area contributed by atoms with Crippen molar-refractivity contribution in [3.63, 3.8) is 0 Å². The molecule has 0 spiro atoms. The number of carbonyl (C=O) groups is 1. The van der Waals surface area contributed by atoms with E-state index in [0.717, 1.165) is 0 Å². The number of aryl methyl sites for hydroxylation is 1. The topological polar surface area (TPSA) is 97.1 Å². The predicted octanol–water partition coefficient (Wildman–Crippen LogP) is 5.21. The summed E-state index contributed by atoms with van der Waals surface area (Å²) < 4.78 is 30.5. The standard InChI is InChI=1S/C30H30ClF2N7O2/c1-7-23(41)38-13-17(5)39(14-16(38)4)27-20-12-21(31)25(19-10-8-9-11-22(19)32)35-28(20)40(30(42)37-27)26-18(6)34-29(33)36-24(26)15(2)3/h7-12,15-17H,1,13-14H2,2-6H3. The van der Waals surface area contributed by atoms with Crippen LogP contribution in [0.5, 0.6) is 0 Å².